The molecule has 2 aromatic rings. The van der Waals surface area contributed by atoms with Crippen LogP contribution in [0.1, 0.15) is 11.1 Å². The van der Waals surface area contributed by atoms with Crippen LogP contribution in [-0.2, 0) is 0 Å². The lowest BCUT2D eigenvalue weighted by molar-refractivity contribution is -0.385. The van der Waals surface area contributed by atoms with E-state index in [0.29, 0.717) is 10.7 Å². The van der Waals surface area contributed by atoms with Gasteiger partial charge in [-0.1, -0.05) is 29.8 Å². The molecule has 0 atom stereocenters. The zero-order valence-corrected chi connectivity index (χ0v) is 13.8. The minimum absolute atomic E-state index is 0.0478. The molecule has 0 aromatic heterocycles. The SMILES string of the molecule is Cc1ccc(NC(=S)N/N=C\C=C\c2ccccc2[N+](=O)[O-])cc1. The number of aryl methyl sites for hydroxylation is 1. The Labute approximate surface area is 145 Å². The Bertz CT molecular complexity index is 785. The Kier molecular flexibility index (Phi) is 6.16. The number of rotatable bonds is 5. The number of hydrogen-bond donors (Lipinski definition) is 2. The molecule has 0 amide bonds. The predicted octanol–water partition coefficient (Wildman–Crippen LogP) is 3.89. The lowest BCUT2D eigenvalue weighted by atomic mass is 10.2. The third-order valence-corrected chi connectivity index (χ3v) is 3.24. The van der Waals surface area contributed by atoms with Crippen LogP contribution in [0.15, 0.2) is 59.7 Å². The summed E-state index contributed by atoms with van der Waals surface area (Å²) in [6.45, 7) is 2.01. The van der Waals surface area contributed by atoms with Crippen molar-refractivity contribution in [3.05, 3.63) is 75.8 Å². The lowest BCUT2D eigenvalue weighted by Gasteiger charge is -2.06. The van der Waals surface area contributed by atoms with Crippen LogP contribution in [-0.4, -0.2) is 16.3 Å². The standard InChI is InChI=1S/C17H16N4O2S/c1-13-8-10-15(11-9-13)19-17(24)20-18-12-4-6-14-5-2-3-7-16(14)21(22)23/h2-12H,1H3,(H2,19,20,24)/b6-4+,18-12-. The average Bonchev–Trinajstić information content (AvgIpc) is 2.57. The van der Waals surface area contributed by atoms with Crippen LogP contribution < -0.4 is 10.7 Å². The van der Waals surface area contributed by atoms with Gasteiger partial charge in [0.05, 0.1) is 10.5 Å². The highest BCUT2D eigenvalue weighted by Gasteiger charge is 2.08. The van der Waals surface area contributed by atoms with Crippen molar-refractivity contribution in [2.24, 2.45) is 5.10 Å². The summed E-state index contributed by atoms with van der Waals surface area (Å²) in [5.41, 5.74) is 5.26. The number of hydrogen-bond acceptors (Lipinski definition) is 4. The maximum atomic E-state index is 10.9. The van der Waals surface area contributed by atoms with E-state index < -0.39 is 4.92 Å². The van der Waals surface area contributed by atoms with Gasteiger partial charge in [0.25, 0.3) is 5.69 Å². The number of thiocarbonyl (C=S) groups is 1. The molecule has 0 unspecified atom stereocenters. The van der Waals surface area contributed by atoms with E-state index in [1.54, 1.807) is 30.4 Å². The number of hydrazone groups is 1. The fraction of sp³-hybridized carbons (Fsp3) is 0.0588. The second kappa shape index (κ2) is 8.54. The molecule has 0 radical (unpaired) electrons. The first kappa shape index (κ1) is 17.3. The number of nitro groups is 1. The molecule has 0 heterocycles. The molecule has 2 N–H and O–H groups in total. The maximum Gasteiger partial charge on any atom is 0.276 e. The van der Waals surface area contributed by atoms with E-state index in [-0.39, 0.29) is 5.69 Å². The van der Waals surface area contributed by atoms with Crippen LogP contribution in [0.25, 0.3) is 6.08 Å². The Morgan fingerprint density at radius 3 is 2.62 bits per heavy atom. The van der Waals surface area contributed by atoms with Crippen LogP contribution in [0.2, 0.25) is 0 Å². The van der Waals surface area contributed by atoms with Crippen LogP contribution in [0.4, 0.5) is 11.4 Å². The first-order valence-electron chi connectivity index (χ1n) is 7.13. The minimum Gasteiger partial charge on any atom is -0.331 e. The van der Waals surface area contributed by atoms with Crippen LogP contribution in [0.3, 0.4) is 0 Å². The first-order chi connectivity index (χ1) is 11.6. The van der Waals surface area contributed by atoms with Gasteiger partial charge in [-0.3, -0.25) is 15.5 Å². The molecule has 0 bridgehead atoms. The Morgan fingerprint density at radius 1 is 1.21 bits per heavy atom. The van der Waals surface area contributed by atoms with Crippen molar-refractivity contribution >= 4 is 41.0 Å². The van der Waals surface area contributed by atoms with E-state index >= 15 is 0 Å². The second-order valence-corrected chi connectivity index (χ2v) is 5.29. The number of nitrogens with zero attached hydrogens (tertiary/aromatic N) is 2. The van der Waals surface area contributed by atoms with Gasteiger partial charge in [0.1, 0.15) is 0 Å². The molecule has 0 spiro atoms. The molecule has 0 aliphatic heterocycles. The highest BCUT2D eigenvalue weighted by Crippen LogP contribution is 2.18. The van der Waals surface area contributed by atoms with Crippen molar-refractivity contribution in [3.8, 4) is 0 Å². The van der Waals surface area contributed by atoms with Gasteiger partial charge in [-0.25, -0.2) is 0 Å². The Morgan fingerprint density at radius 2 is 1.92 bits per heavy atom. The van der Waals surface area contributed by atoms with Gasteiger partial charge >= 0.3 is 0 Å². The molecule has 6 nitrogen and oxygen atoms in total. The molecule has 2 aromatic carbocycles. The number of allylic oxidation sites excluding steroid dienone is 1. The molecule has 0 saturated heterocycles. The molecule has 0 aliphatic carbocycles. The number of nitro benzene ring substituents is 1. The van der Waals surface area contributed by atoms with Crippen LogP contribution >= 0.6 is 12.2 Å². The third kappa shape index (κ3) is 5.29. The van der Waals surface area contributed by atoms with Crippen molar-refractivity contribution in [1.29, 1.82) is 0 Å². The third-order valence-electron chi connectivity index (χ3n) is 3.05. The first-order valence-corrected chi connectivity index (χ1v) is 7.54. The number of benzene rings is 2. The Hall–Kier alpha value is -3.06. The second-order valence-electron chi connectivity index (χ2n) is 4.89. The van der Waals surface area contributed by atoms with Gasteiger partial charge < -0.3 is 5.32 Å². The number of para-hydroxylation sites is 1. The van der Waals surface area contributed by atoms with E-state index in [9.17, 15) is 10.1 Å². The summed E-state index contributed by atoms with van der Waals surface area (Å²) in [7, 11) is 0. The predicted molar refractivity (Wildman–Crippen MR) is 101 cm³/mol. The van der Waals surface area contributed by atoms with Crippen molar-refractivity contribution in [2.45, 2.75) is 6.92 Å². The van der Waals surface area contributed by atoms with E-state index in [1.165, 1.54) is 12.3 Å². The summed E-state index contributed by atoms with van der Waals surface area (Å²) in [6, 6.07) is 14.3. The molecule has 24 heavy (non-hydrogen) atoms. The molecule has 122 valence electrons. The number of anilines is 1. The lowest BCUT2D eigenvalue weighted by Crippen LogP contribution is -2.23. The molecule has 0 aliphatic rings. The zero-order valence-electron chi connectivity index (χ0n) is 13.0. The van der Waals surface area contributed by atoms with Crippen LogP contribution in [0, 0.1) is 17.0 Å². The zero-order chi connectivity index (χ0) is 17.4. The van der Waals surface area contributed by atoms with Crippen molar-refractivity contribution in [1.82, 2.24) is 5.43 Å². The molecular formula is C17H16N4O2S. The van der Waals surface area contributed by atoms with Gasteiger partial charge in [-0.15, -0.1) is 0 Å². The van der Waals surface area contributed by atoms with Crippen LogP contribution in [0.5, 0.6) is 0 Å². The monoisotopic (exact) mass is 340 g/mol. The van der Waals surface area contributed by atoms with Gasteiger partial charge in [-0.05, 0) is 49.5 Å². The minimum atomic E-state index is -0.421. The van der Waals surface area contributed by atoms with E-state index in [4.69, 9.17) is 12.2 Å². The molecule has 0 fully saturated rings. The van der Waals surface area contributed by atoms with Crippen molar-refractivity contribution in [3.63, 3.8) is 0 Å². The van der Waals surface area contributed by atoms with Gasteiger partial charge in [0.15, 0.2) is 5.11 Å². The molecule has 7 heteroatoms. The van der Waals surface area contributed by atoms with Gasteiger partial charge in [0, 0.05) is 18.0 Å². The maximum absolute atomic E-state index is 10.9. The highest BCUT2D eigenvalue weighted by molar-refractivity contribution is 7.80. The normalized spacial score (nSPS) is 10.9. The van der Waals surface area contributed by atoms with Gasteiger partial charge in [0.2, 0.25) is 0 Å². The molecule has 0 saturated carbocycles. The summed E-state index contributed by atoms with van der Waals surface area (Å²) in [5.74, 6) is 0. The smallest absolute Gasteiger partial charge is 0.276 e. The quantitative estimate of drug-likeness (QED) is 0.374. The number of nitrogens with one attached hydrogen (secondary N) is 2. The Balaban J connectivity index is 1.87. The van der Waals surface area contributed by atoms with Crippen molar-refractivity contribution < 1.29 is 4.92 Å². The summed E-state index contributed by atoms with van der Waals surface area (Å²) in [6.07, 6.45) is 4.68. The summed E-state index contributed by atoms with van der Waals surface area (Å²) in [5, 5.41) is 18.2. The fourth-order valence-corrected chi connectivity index (χ4v) is 2.05. The summed E-state index contributed by atoms with van der Waals surface area (Å²) < 4.78 is 0. The average molecular weight is 340 g/mol. The molecular weight excluding hydrogens is 324 g/mol. The van der Waals surface area contributed by atoms with Gasteiger partial charge in [-0.2, -0.15) is 5.10 Å². The van der Waals surface area contributed by atoms with Crippen molar-refractivity contribution in [2.75, 3.05) is 5.32 Å². The summed E-state index contributed by atoms with van der Waals surface area (Å²) >= 11 is 5.12. The summed E-state index contributed by atoms with van der Waals surface area (Å²) in [4.78, 5) is 10.5. The fourth-order valence-electron chi connectivity index (χ4n) is 1.88. The van der Waals surface area contributed by atoms with E-state index in [0.717, 1.165) is 11.3 Å². The highest BCUT2D eigenvalue weighted by atomic mass is 32.1. The topological polar surface area (TPSA) is 79.6 Å². The van der Waals surface area contributed by atoms with E-state index in [1.807, 2.05) is 31.2 Å². The molecule has 2 rings (SSSR count). The van der Waals surface area contributed by atoms with E-state index in [2.05, 4.69) is 15.8 Å². The largest absolute Gasteiger partial charge is 0.331 e.